The normalized spacial score (nSPS) is 27.0. The highest BCUT2D eigenvalue weighted by Crippen LogP contribution is 2.28. The summed E-state index contributed by atoms with van der Waals surface area (Å²) in [6.07, 6.45) is 8.61. The summed E-state index contributed by atoms with van der Waals surface area (Å²) in [5.74, 6) is 0. The average molecular weight is 234 g/mol. The van der Waals surface area contributed by atoms with E-state index >= 15 is 0 Å². The van der Waals surface area contributed by atoms with Gasteiger partial charge in [-0.15, -0.1) is 0 Å². The molecule has 0 bridgehead atoms. The van der Waals surface area contributed by atoms with Crippen LogP contribution < -0.4 is 5.73 Å². The van der Waals surface area contributed by atoms with Gasteiger partial charge in [0, 0.05) is 31.9 Å². The highest BCUT2D eigenvalue weighted by Gasteiger charge is 2.21. The van der Waals surface area contributed by atoms with Crippen LogP contribution >= 0.6 is 0 Å². The van der Waals surface area contributed by atoms with E-state index in [4.69, 9.17) is 10.8 Å². The van der Waals surface area contributed by atoms with Crippen molar-refractivity contribution in [2.75, 3.05) is 13.1 Å². The molecule has 0 amide bonds. The van der Waals surface area contributed by atoms with Crippen LogP contribution in [0.3, 0.4) is 0 Å². The van der Waals surface area contributed by atoms with Crippen molar-refractivity contribution in [3.05, 3.63) is 18.0 Å². The zero-order valence-corrected chi connectivity index (χ0v) is 10.4. The number of hydrogen-bond acceptors (Lipinski definition) is 3. The van der Waals surface area contributed by atoms with Gasteiger partial charge in [-0.05, 0) is 25.3 Å². The summed E-state index contributed by atoms with van der Waals surface area (Å²) in [4.78, 5) is 2.41. The molecule has 1 aliphatic carbocycles. The average Bonchev–Trinajstić information content (AvgIpc) is 3.00. The Morgan fingerprint density at radius 1 is 1.29 bits per heavy atom. The summed E-state index contributed by atoms with van der Waals surface area (Å²) >= 11 is 0. The molecule has 0 aromatic carbocycles. The van der Waals surface area contributed by atoms with E-state index in [1.165, 1.54) is 31.4 Å². The van der Waals surface area contributed by atoms with Gasteiger partial charge in [-0.1, -0.05) is 12.8 Å². The minimum Gasteiger partial charge on any atom is -0.326 e. The van der Waals surface area contributed by atoms with Crippen molar-refractivity contribution in [2.24, 2.45) is 5.73 Å². The maximum atomic E-state index is 5.92. The molecule has 1 aliphatic heterocycles. The zero-order chi connectivity index (χ0) is 11.7. The molecule has 2 aliphatic rings. The molecule has 94 valence electrons. The fourth-order valence-electron chi connectivity index (χ4n) is 3.07. The number of hydrogen-bond donors (Lipinski definition) is 1. The first-order valence-electron chi connectivity index (χ1n) is 6.83. The predicted octanol–water partition coefficient (Wildman–Crippen LogP) is 1.53. The Hall–Kier alpha value is -0.870. The van der Waals surface area contributed by atoms with Crippen LogP contribution in [0.1, 0.15) is 43.8 Å². The third kappa shape index (κ3) is 2.53. The number of nitrogens with two attached hydrogens (primary N) is 1. The highest BCUT2D eigenvalue weighted by molar-refractivity contribution is 5.01. The Kier molecular flexibility index (Phi) is 3.16. The fraction of sp³-hybridized carbons (Fsp3) is 0.769. The third-order valence-electron chi connectivity index (χ3n) is 4.06. The molecule has 1 aromatic heterocycles. The summed E-state index contributed by atoms with van der Waals surface area (Å²) in [7, 11) is 0. The second-order valence-corrected chi connectivity index (χ2v) is 5.51. The van der Waals surface area contributed by atoms with Crippen LogP contribution in [0.5, 0.6) is 0 Å². The Morgan fingerprint density at radius 3 is 2.82 bits per heavy atom. The topological polar surface area (TPSA) is 47.1 Å². The molecule has 4 heteroatoms. The van der Waals surface area contributed by atoms with Gasteiger partial charge in [0.15, 0.2) is 0 Å². The van der Waals surface area contributed by atoms with Crippen LogP contribution in [0.15, 0.2) is 12.3 Å². The number of nitrogens with zero attached hydrogens (tertiary/aromatic N) is 3. The van der Waals surface area contributed by atoms with E-state index < -0.39 is 0 Å². The summed E-state index contributed by atoms with van der Waals surface area (Å²) in [5, 5.41) is 4.71. The molecule has 0 unspecified atom stereocenters. The van der Waals surface area contributed by atoms with E-state index in [0.717, 1.165) is 26.1 Å². The van der Waals surface area contributed by atoms with Crippen LogP contribution in [-0.2, 0) is 6.54 Å². The minimum absolute atomic E-state index is 0.368. The SMILES string of the molecule is N[C@@H]1CCN(Cc2ccn(C3CCCC3)n2)C1. The van der Waals surface area contributed by atoms with Gasteiger partial charge in [0.25, 0.3) is 0 Å². The van der Waals surface area contributed by atoms with Crippen molar-refractivity contribution in [3.63, 3.8) is 0 Å². The van der Waals surface area contributed by atoms with Crippen molar-refractivity contribution >= 4 is 0 Å². The molecule has 2 N–H and O–H groups in total. The molecular weight excluding hydrogens is 212 g/mol. The molecule has 4 nitrogen and oxygen atoms in total. The Labute approximate surface area is 103 Å². The fourth-order valence-corrected chi connectivity index (χ4v) is 3.07. The second kappa shape index (κ2) is 4.78. The van der Waals surface area contributed by atoms with E-state index in [1.807, 2.05) is 0 Å². The van der Waals surface area contributed by atoms with E-state index in [2.05, 4.69) is 21.8 Å². The molecule has 1 saturated carbocycles. The van der Waals surface area contributed by atoms with Gasteiger partial charge in [0.2, 0.25) is 0 Å². The summed E-state index contributed by atoms with van der Waals surface area (Å²) in [5.41, 5.74) is 7.12. The number of likely N-dealkylation sites (tertiary alicyclic amines) is 1. The van der Waals surface area contributed by atoms with Crippen molar-refractivity contribution in [1.82, 2.24) is 14.7 Å². The lowest BCUT2D eigenvalue weighted by Crippen LogP contribution is -2.26. The molecule has 3 rings (SSSR count). The molecule has 2 heterocycles. The Morgan fingerprint density at radius 2 is 2.12 bits per heavy atom. The van der Waals surface area contributed by atoms with Crippen molar-refractivity contribution in [2.45, 2.75) is 50.7 Å². The first kappa shape index (κ1) is 11.2. The van der Waals surface area contributed by atoms with Crippen molar-refractivity contribution in [1.29, 1.82) is 0 Å². The van der Waals surface area contributed by atoms with Crippen LogP contribution in [0.4, 0.5) is 0 Å². The Bertz CT molecular complexity index is 367. The van der Waals surface area contributed by atoms with Crippen LogP contribution in [0.2, 0.25) is 0 Å². The van der Waals surface area contributed by atoms with Crippen LogP contribution in [-0.4, -0.2) is 33.8 Å². The first-order valence-corrected chi connectivity index (χ1v) is 6.83. The standard InChI is InChI=1S/C13H22N4/c14-11-5-7-16(9-11)10-12-6-8-17(15-12)13-3-1-2-4-13/h6,8,11,13H,1-5,7,9-10,14H2/t11-/m1/s1. The molecule has 1 saturated heterocycles. The lowest BCUT2D eigenvalue weighted by atomic mass is 10.3. The molecular formula is C13H22N4. The minimum atomic E-state index is 0.368. The summed E-state index contributed by atoms with van der Waals surface area (Å²) in [6.45, 7) is 3.11. The number of rotatable bonds is 3. The maximum Gasteiger partial charge on any atom is 0.0764 e. The monoisotopic (exact) mass is 234 g/mol. The molecule has 1 aromatic rings. The summed E-state index contributed by atoms with van der Waals surface area (Å²) in [6, 6.07) is 3.19. The lowest BCUT2D eigenvalue weighted by Gasteiger charge is -2.13. The first-order chi connectivity index (χ1) is 8.31. The van der Waals surface area contributed by atoms with Crippen molar-refractivity contribution < 1.29 is 0 Å². The van der Waals surface area contributed by atoms with Crippen molar-refractivity contribution in [3.8, 4) is 0 Å². The van der Waals surface area contributed by atoms with Gasteiger partial charge in [0.1, 0.15) is 0 Å². The van der Waals surface area contributed by atoms with Gasteiger partial charge in [-0.25, -0.2) is 0 Å². The largest absolute Gasteiger partial charge is 0.326 e. The second-order valence-electron chi connectivity index (χ2n) is 5.51. The quantitative estimate of drug-likeness (QED) is 0.863. The van der Waals surface area contributed by atoms with E-state index in [9.17, 15) is 0 Å². The van der Waals surface area contributed by atoms with Gasteiger partial charge in [0.05, 0.1) is 11.7 Å². The molecule has 0 radical (unpaired) electrons. The predicted molar refractivity (Wildman–Crippen MR) is 67.6 cm³/mol. The summed E-state index contributed by atoms with van der Waals surface area (Å²) < 4.78 is 2.18. The third-order valence-corrected chi connectivity index (χ3v) is 4.06. The van der Waals surface area contributed by atoms with E-state index in [1.54, 1.807) is 0 Å². The van der Waals surface area contributed by atoms with Gasteiger partial charge in [-0.3, -0.25) is 9.58 Å². The molecule has 17 heavy (non-hydrogen) atoms. The lowest BCUT2D eigenvalue weighted by molar-refractivity contribution is 0.319. The smallest absolute Gasteiger partial charge is 0.0764 e. The zero-order valence-electron chi connectivity index (χ0n) is 10.4. The van der Waals surface area contributed by atoms with E-state index in [0.29, 0.717) is 12.1 Å². The van der Waals surface area contributed by atoms with Gasteiger partial charge < -0.3 is 5.73 Å². The van der Waals surface area contributed by atoms with Crippen LogP contribution in [0.25, 0.3) is 0 Å². The molecule has 0 spiro atoms. The number of aromatic nitrogens is 2. The van der Waals surface area contributed by atoms with Crippen LogP contribution in [0, 0.1) is 0 Å². The van der Waals surface area contributed by atoms with Gasteiger partial charge >= 0.3 is 0 Å². The maximum absolute atomic E-state index is 5.92. The van der Waals surface area contributed by atoms with E-state index in [-0.39, 0.29) is 0 Å². The molecule has 1 atom stereocenters. The molecule has 2 fully saturated rings. The Balaban J connectivity index is 1.60. The van der Waals surface area contributed by atoms with Gasteiger partial charge in [-0.2, -0.15) is 5.10 Å². The highest BCUT2D eigenvalue weighted by atomic mass is 15.3.